The molecule has 0 spiro atoms. The van der Waals surface area contributed by atoms with Crippen molar-refractivity contribution in [1.82, 2.24) is 0 Å². The van der Waals surface area contributed by atoms with E-state index in [9.17, 15) is 0 Å². The van der Waals surface area contributed by atoms with Crippen LogP contribution in [0.1, 0.15) is 5.56 Å². The summed E-state index contributed by atoms with van der Waals surface area (Å²) >= 11 is 0. The van der Waals surface area contributed by atoms with Gasteiger partial charge in [-0.25, -0.2) is 0 Å². The van der Waals surface area contributed by atoms with Crippen molar-refractivity contribution in [3.05, 3.63) is 23.8 Å². The summed E-state index contributed by atoms with van der Waals surface area (Å²) in [6.45, 7) is 2.93. The fraction of sp³-hybridized carbons (Fsp3) is 0.455. The fourth-order valence-corrected chi connectivity index (χ4v) is 3.15. The van der Waals surface area contributed by atoms with Crippen LogP contribution < -0.4 is 9.92 Å². The van der Waals surface area contributed by atoms with Crippen molar-refractivity contribution in [3.8, 4) is 5.75 Å². The third-order valence-electron chi connectivity index (χ3n) is 2.92. The van der Waals surface area contributed by atoms with E-state index < -0.39 is 8.56 Å². The highest BCUT2D eigenvalue weighted by Gasteiger charge is 2.32. The van der Waals surface area contributed by atoms with Gasteiger partial charge in [-0.1, -0.05) is 6.07 Å². The van der Waals surface area contributed by atoms with Crippen molar-refractivity contribution in [3.63, 3.8) is 0 Å². The fourth-order valence-electron chi connectivity index (χ4n) is 1.69. The molecule has 1 aromatic rings. The molecule has 0 saturated carbocycles. The second-order valence-corrected chi connectivity index (χ2v) is 7.07. The van der Waals surface area contributed by atoms with Crippen LogP contribution in [0, 0.1) is 0 Å². The zero-order valence-electron chi connectivity index (χ0n) is 9.78. The Balaban J connectivity index is 2.36. The molecule has 4 nitrogen and oxygen atoms in total. The van der Waals surface area contributed by atoms with E-state index in [1.165, 1.54) is 0 Å². The van der Waals surface area contributed by atoms with Gasteiger partial charge in [0.2, 0.25) is 0 Å². The maximum atomic E-state index is 5.50. The molecule has 2 rings (SSSR count). The highest BCUT2D eigenvalue weighted by atomic mass is 28.4. The molecule has 0 aliphatic carbocycles. The molecule has 0 atom stereocenters. The van der Waals surface area contributed by atoms with E-state index in [-0.39, 0.29) is 0 Å². The van der Waals surface area contributed by atoms with Crippen LogP contribution in [0.25, 0.3) is 0 Å². The van der Waals surface area contributed by atoms with Gasteiger partial charge in [-0.15, -0.1) is 0 Å². The maximum absolute atomic E-state index is 5.50. The lowest BCUT2D eigenvalue weighted by molar-refractivity contribution is -0.0163. The molecule has 0 bridgehead atoms. The summed E-state index contributed by atoms with van der Waals surface area (Å²) in [7, 11) is 1.12. The second-order valence-electron chi connectivity index (χ2n) is 3.79. The quantitative estimate of drug-likeness (QED) is 0.742. The molecule has 1 aliphatic rings. The highest BCUT2D eigenvalue weighted by Crippen LogP contribution is 2.23. The van der Waals surface area contributed by atoms with Gasteiger partial charge in [-0.3, -0.25) is 0 Å². The average Bonchev–Trinajstić information content (AvgIpc) is 2.37. The van der Waals surface area contributed by atoms with Gasteiger partial charge in [0, 0.05) is 19.8 Å². The number of hydrogen-bond acceptors (Lipinski definition) is 4. The standard InChI is InChI=1S/C11H16O4Si/c1-12-16(3,13-2)10-4-5-11-9(6-10)7-14-8-15-11/h4-6H,7-8H2,1-3H3. The second kappa shape index (κ2) is 4.55. The van der Waals surface area contributed by atoms with E-state index >= 15 is 0 Å². The summed E-state index contributed by atoms with van der Waals surface area (Å²) in [5.41, 5.74) is 1.05. The van der Waals surface area contributed by atoms with Gasteiger partial charge < -0.3 is 18.3 Å². The van der Waals surface area contributed by atoms with Gasteiger partial charge in [0.1, 0.15) is 5.75 Å². The molecule has 0 fully saturated rings. The van der Waals surface area contributed by atoms with Gasteiger partial charge in [0.15, 0.2) is 6.79 Å². The van der Waals surface area contributed by atoms with Crippen molar-refractivity contribution in [1.29, 1.82) is 0 Å². The molecule has 5 heteroatoms. The minimum Gasteiger partial charge on any atom is -0.467 e. The topological polar surface area (TPSA) is 36.9 Å². The van der Waals surface area contributed by atoms with Gasteiger partial charge in [0.25, 0.3) is 0 Å². The van der Waals surface area contributed by atoms with E-state index in [2.05, 4.69) is 0 Å². The van der Waals surface area contributed by atoms with Crippen LogP contribution in [0.3, 0.4) is 0 Å². The largest absolute Gasteiger partial charge is 0.467 e. The predicted octanol–water partition coefficient (Wildman–Crippen LogP) is 1.12. The number of ether oxygens (including phenoxy) is 2. The van der Waals surface area contributed by atoms with Crippen LogP contribution >= 0.6 is 0 Å². The van der Waals surface area contributed by atoms with Crippen LogP contribution in [-0.4, -0.2) is 29.6 Å². The van der Waals surface area contributed by atoms with Crippen molar-refractivity contribution in [2.45, 2.75) is 13.2 Å². The molecule has 1 aromatic carbocycles. The summed E-state index contributed by atoms with van der Waals surface area (Å²) in [4.78, 5) is 0. The number of benzene rings is 1. The molecule has 1 aliphatic heterocycles. The Kier molecular flexibility index (Phi) is 3.29. The van der Waals surface area contributed by atoms with E-state index in [1.54, 1.807) is 14.2 Å². The van der Waals surface area contributed by atoms with Gasteiger partial charge >= 0.3 is 8.56 Å². The van der Waals surface area contributed by atoms with E-state index in [4.69, 9.17) is 18.3 Å². The highest BCUT2D eigenvalue weighted by molar-refractivity contribution is 6.79. The van der Waals surface area contributed by atoms with Crippen LogP contribution in [0.4, 0.5) is 0 Å². The van der Waals surface area contributed by atoms with Crippen molar-refractivity contribution >= 4 is 13.7 Å². The lowest BCUT2D eigenvalue weighted by Gasteiger charge is -2.25. The Labute approximate surface area is 96.3 Å². The normalized spacial score (nSPS) is 15.4. The Bertz CT molecular complexity index is 376. The van der Waals surface area contributed by atoms with Crippen molar-refractivity contribution in [2.24, 2.45) is 0 Å². The Morgan fingerprint density at radius 1 is 1.25 bits per heavy atom. The molecule has 0 radical (unpaired) electrons. The SMILES string of the molecule is CO[Si](C)(OC)c1ccc2c(c1)COCO2. The van der Waals surface area contributed by atoms with E-state index in [0.717, 1.165) is 16.5 Å². The Morgan fingerprint density at radius 2 is 2.00 bits per heavy atom. The summed E-state index contributed by atoms with van der Waals surface area (Å²) in [5.74, 6) is 0.888. The molecular weight excluding hydrogens is 224 g/mol. The predicted molar refractivity (Wildman–Crippen MR) is 62.0 cm³/mol. The maximum Gasteiger partial charge on any atom is 0.368 e. The third-order valence-corrected chi connectivity index (χ3v) is 5.84. The Morgan fingerprint density at radius 3 is 2.69 bits per heavy atom. The molecule has 16 heavy (non-hydrogen) atoms. The number of hydrogen-bond donors (Lipinski definition) is 0. The van der Waals surface area contributed by atoms with Crippen LogP contribution in [0.15, 0.2) is 18.2 Å². The Hall–Kier alpha value is -0.883. The van der Waals surface area contributed by atoms with Gasteiger partial charge in [-0.2, -0.15) is 0 Å². The zero-order valence-corrected chi connectivity index (χ0v) is 10.8. The smallest absolute Gasteiger partial charge is 0.368 e. The summed E-state index contributed by atoms with van der Waals surface area (Å²) < 4.78 is 21.6. The van der Waals surface area contributed by atoms with Crippen molar-refractivity contribution in [2.75, 3.05) is 21.0 Å². The summed E-state index contributed by atoms with van der Waals surface area (Å²) in [6, 6.07) is 6.01. The third kappa shape index (κ3) is 1.99. The molecule has 1 heterocycles. The van der Waals surface area contributed by atoms with Gasteiger partial charge in [-0.05, 0) is 23.9 Å². The van der Waals surface area contributed by atoms with E-state index in [0.29, 0.717) is 13.4 Å². The first-order valence-electron chi connectivity index (χ1n) is 5.14. The first-order chi connectivity index (χ1) is 7.69. The van der Waals surface area contributed by atoms with Crippen molar-refractivity contribution < 1.29 is 18.3 Å². The van der Waals surface area contributed by atoms with Crippen LogP contribution in [0.5, 0.6) is 5.75 Å². The van der Waals surface area contributed by atoms with Gasteiger partial charge in [0.05, 0.1) is 6.61 Å². The summed E-state index contributed by atoms with van der Waals surface area (Å²) in [5, 5.41) is 1.09. The number of fused-ring (bicyclic) bond motifs is 1. The number of rotatable bonds is 3. The first-order valence-corrected chi connectivity index (χ1v) is 7.45. The van der Waals surface area contributed by atoms with E-state index in [1.807, 2.05) is 24.7 Å². The molecular formula is C11H16O4Si. The lowest BCUT2D eigenvalue weighted by Crippen LogP contribution is -2.49. The monoisotopic (exact) mass is 240 g/mol. The minimum atomic E-state index is -2.24. The average molecular weight is 240 g/mol. The van der Waals surface area contributed by atoms with Crippen LogP contribution in [0.2, 0.25) is 6.55 Å². The zero-order chi connectivity index (χ0) is 11.6. The molecule has 0 unspecified atom stereocenters. The molecule has 88 valence electrons. The lowest BCUT2D eigenvalue weighted by atomic mass is 10.2. The van der Waals surface area contributed by atoms with Crippen LogP contribution in [-0.2, 0) is 20.2 Å². The summed E-state index contributed by atoms with van der Waals surface area (Å²) in [6.07, 6.45) is 0. The first kappa shape index (κ1) is 11.6. The molecule has 0 amide bonds. The molecule has 0 aromatic heterocycles. The minimum absolute atomic E-state index is 0.329. The molecule has 0 N–H and O–H groups in total. The molecule has 0 saturated heterocycles.